The topological polar surface area (TPSA) is 96.3 Å². The molecule has 1 aromatic carbocycles. The maximum atomic E-state index is 13.0. The number of ether oxygens (including phenoxy) is 1. The van der Waals surface area contributed by atoms with Crippen LogP contribution in [0.2, 0.25) is 0 Å². The van der Waals surface area contributed by atoms with Crippen LogP contribution in [0.15, 0.2) is 52.6 Å². The van der Waals surface area contributed by atoms with Crippen molar-refractivity contribution in [2.45, 2.75) is 32.4 Å². The van der Waals surface area contributed by atoms with Gasteiger partial charge in [0.25, 0.3) is 15.9 Å². The van der Waals surface area contributed by atoms with Gasteiger partial charge in [-0.05, 0) is 44.1 Å². The average Bonchev–Trinajstić information content (AvgIpc) is 3.01. The summed E-state index contributed by atoms with van der Waals surface area (Å²) in [4.78, 5) is 29.0. The summed E-state index contributed by atoms with van der Waals surface area (Å²) >= 11 is 0. The molecule has 0 bridgehead atoms. The number of esters is 1. The lowest BCUT2D eigenvalue weighted by molar-refractivity contribution is -0.149. The quantitative estimate of drug-likeness (QED) is 0.693. The summed E-state index contributed by atoms with van der Waals surface area (Å²) in [5.74, 6) is -1.19. The van der Waals surface area contributed by atoms with Crippen LogP contribution in [-0.2, 0) is 30.8 Å². The first kappa shape index (κ1) is 19.4. The van der Waals surface area contributed by atoms with Crippen LogP contribution in [0.25, 0.3) is 0 Å². The van der Waals surface area contributed by atoms with Gasteiger partial charge in [-0.1, -0.05) is 18.2 Å². The molecular weight excluding hydrogens is 394 g/mol. The molecule has 3 aliphatic rings. The first-order valence-corrected chi connectivity index (χ1v) is 11.0. The Balaban J connectivity index is 1.53. The number of carbonyl (C=O) groups excluding carboxylic acids is 2. The Morgan fingerprint density at radius 3 is 2.83 bits per heavy atom. The summed E-state index contributed by atoms with van der Waals surface area (Å²) in [6.07, 6.45) is 4.43. The number of hydrogen-bond acceptors (Lipinski definition) is 6. The zero-order valence-electron chi connectivity index (χ0n) is 16.1. The number of rotatable bonds is 3. The van der Waals surface area contributed by atoms with Crippen LogP contribution >= 0.6 is 0 Å². The molecule has 0 saturated heterocycles. The average molecular weight is 415 g/mol. The highest BCUT2D eigenvalue weighted by Crippen LogP contribution is 2.32. The first-order valence-electron chi connectivity index (χ1n) is 9.37. The Labute approximate surface area is 169 Å². The molecule has 8 nitrogen and oxygen atoms in total. The van der Waals surface area contributed by atoms with Gasteiger partial charge in [0.15, 0.2) is 11.9 Å². The molecule has 0 unspecified atom stereocenters. The molecule has 3 heterocycles. The molecule has 152 valence electrons. The predicted octanol–water partition coefficient (Wildman–Crippen LogP) is 1.39. The molecule has 3 aliphatic heterocycles. The molecule has 0 aromatic heterocycles. The Bertz CT molecular complexity index is 1070. The van der Waals surface area contributed by atoms with Crippen LogP contribution in [0.5, 0.6) is 0 Å². The van der Waals surface area contributed by atoms with Gasteiger partial charge in [0.05, 0.1) is 5.75 Å². The van der Waals surface area contributed by atoms with Gasteiger partial charge >= 0.3 is 5.97 Å². The number of fused-ring (bicyclic) bond motifs is 2. The van der Waals surface area contributed by atoms with E-state index < -0.39 is 22.1 Å². The number of benzene rings is 1. The SMILES string of the molecule is C[C@@H](OC(=O)C1=CC=CN2CCS(=O)(=O)N=C12)C(=O)N1c2ccccc2C[C@@H]1C. The maximum Gasteiger partial charge on any atom is 0.342 e. The zero-order chi connectivity index (χ0) is 20.8. The Kier molecular flexibility index (Phi) is 4.77. The summed E-state index contributed by atoms with van der Waals surface area (Å²) in [6.45, 7) is 3.67. The molecule has 0 N–H and O–H groups in total. The predicted molar refractivity (Wildman–Crippen MR) is 108 cm³/mol. The number of amides is 1. The molecule has 0 fully saturated rings. The maximum absolute atomic E-state index is 13.0. The van der Waals surface area contributed by atoms with E-state index in [9.17, 15) is 18.0 Å². The molecule has 2 atom stereocenters. The normalized spacial score (nSPS) is 22.9. The molecule has 0 aliphatic carbocycles. The molecule has 0 saturated carbocycles. The van der Waals surface area contributed by atoms with Crippen molar-refractivity contribution < 1.29 is 22.7 Å². The van der Waals surface area contributed by atoms with Crippen LogP contribution in [0.3, 0.4) is 0 Å². The van der Waals surface area contributed by atoms with E-state index in [1.165, 1.54) is 13.0 Å². The lowest BCUT2D eigenvalue weighted by atomic mass is 10.1. The summed E-state index contributed by atoms with van der Waals surface area (Å²) in [5, 5.41) is 0. The molecular formula is C20H21N3O5S. The minimum Gasteiger partial charge on any atom is -0.449 e. The van der Waals surface area contributed by atoms with Crippen molar-refractivity contribution in [2.75, 3.05) is 17.2 Å². The molecule has 29 heavy (non-hydrogen) atoms. The van der Waals surface area contributed by atoms with Crippen molar-refractivity contribution in [2.24, 2.45) is 4.40 Å². The molecule has 9 heteroatoms. The number of allylic oxidation sites excluding steroid dienone is 2. The van der Waals surface area contributed by atoms with E-state index in [-0.39, 0.29) is 35.7 Å². The molecule has 0 radical (unpaired) electrons. The van der Waals surface area contributed by atoms with Gasteiger partial charge in [0.2, 0.25) is 0 Å². The van der Waals surface area contributed by atoms with E-state index in [0.717, 1.165) is 17.7 Å². The lowest BCUT2D eigenvalue weighted by Crippen LogP contribution is -2.44. The second-order valence-corrected chi connectivity index (χ2v) is 9.01. The fourth-order valence-corrected chi connectivity index (χ4v) is 4.73. The van der Waals surface area contributed by atoms with Crippen molar-refractivity contribution >= 4 is 33.4 Å². The van der Waals surface area contributed by atoms with Gasteiger partial charge in [0, 0.05) is 24.5 Å². The zero-order valence-corrected chi connectivity index (χ0v) is 16.9. The van der Waals surface area contributed by atoms with Gasteiger partial charge < -0.3 is 14.5 Å². The van der Waals surface area contributed by atoms with Crippen molar-refractivity contribution in [3.63, 3.8) is 0 Å². The Morgan fingerprint density at radius 2 is 2.03 bits per heavy atom. The minimum absolute atomic E-state index is 0.0188. The van der Waals surface area contributed by atoms with Crippen LogP contribution in [0.1, 0.15) is 19.4 Å². The highest BCUT2D eigenvalue weighted by Gasteiger charge is 2.36. The van der Waals surface area contributed by atoms with Gasteiger partial charge in [-0.2, -0.15) is 0 Å². The van der Waals surface area contributed by atoms with Gasteiger partial charge in [-0.25, -0.2) is 13.2 Å². The third kappa shape index (κ3) is 3.57. The second-order valence-electron chi connectivity index (χ2n) is 7.25. The van der Waals surface area contributed by atoms with E-state index in [1.807, 2.05) is 31.2 Å². The largest absolute Gasteiger partial charge is 0.449 e. The van der Waals surface area contributed by atoms with Crippen molar-refractivity contribution in [3.8, 4) is 0 Å². The monoisotopic (exact) mass is 415 g/mol. The fourth-order valence-electron chi connectivity index (χ4n) is 3.75. The standard InChI is InChI=1S/C20H21N3O5S/c1-13-12-15-6-3-4-8-17(15)23(13)19(24)14(2)28-20(25)16-7-5-9-22-10-11-29(26,27)21-18(16)22/h3-9,13-14H,10-12H2,1-2H3/t13-,14+/m0/s1. The van der Waals surface area contributed by atoms with Crippen LogP contribution in [0.4, 0.5) is 5.69 Å². The van der Waals surface area contributed by atoms with E-state index in [0.29, 0.717) is 0 Å². The fraction of sp³-hybridized carbons (Fsp3) is 0.350. The number of hydrogen-bond donors (Lipinski definition) is 0. The summed E-state index contributed by atoms with van der Waals surface area (Å²) < 4.78 is 32.8. The smallest absolute Gasteiger partial charge is 0.342 e. The third-order valence-electron chi connectivity index (χ3n) is 5.15. The van der Waals surface area contributed by atoms with E-state index >= 15 is 0 Å². The van der Waals surface area contributed by atoms with Gasteiger partial charge in [-0.3, -0.25) is 4.79 Å². The van der Waals surface area contributed by atoms with Crippen LogP contribution < -0.4 is 4.90 Å². The summed E-state index contributed by atoms with van der Waals surface area (Å²) in [7, 11) is -3.63. The second kappa shape index (κ2) is 7.14. The summed E-state index contributed by atoms with van der Waals surface area (Å²) in [6, 6.07) is 7.60. The first-order chi connectivity index (χ1) is 13.8. The number of carbonyl (C=O) groups is 2. The highest BCUT2D eigenvalue weighted by molar-refractivity contribution is 7.90. The van der Waals surface area contributed by atoms with E-state index in [1.54, 1.807) is 22.1 Å². The van der Waals surface area contributed by atoms with Gasteiger partial charge in [-0.15, -0.1) is 4.40 Å². The van der Waals surface area contributed by atoms with Crippen LogP contribution in [0, 0.1) is 0 Å². The minimum atomic E-state index is -3.63. The number of anilines is 1. The highest BCUT2D eigenvalue weighted by atomic mass is 32.2. The summed E-state index contributed by atoms with van der Waals surface area (Å²) in [5.41, 5.74) is 1.91. The number of sulfonamides is 1. The number of nitrogens with zero attached hydrogens (tertiary/aromatic N) is 3. The van der Waals surface area contributed by atoms with Crippen molar-refractivity contribution in [1.82, 2.24) is 4.90 Å². The third-order valence-corrected chi connectivity index (χ3v) is 6.30. The van der Waals surface area contributed by atoms with Crippen LogP contribution in [-0.4, -0.2) is 55.5 Å². The number of para-hydroxylation sites is 1. The van der Waals surface area contributed by atoms with E-state index in [4.69, 9.17) is 4.74 Å². The van der Waals surface area contributed by atoms with Crippen molar-refractivity contribution in [1.29, 1.82) is 0 Å². The molecule has 1 amide bonds. The molecule has 4 rings (SSSR count). The van der Waals surface area contributed by atoms with Gasteiger partial charge in [0.1, 0.15) is 5.57 Å². The Morgan fingerprint density at radius 1 is 1.28 bits per heavy atom. The number of amidine groups is 1. The molecule has 0 spiro atoms. The lowest BCUT2D eigenvalue weighted by Gasteiger charge is -2.29. The Hall–Kier alpha value is -2.94. The molecule has 1 aromatic rings. The van der Waals surface area contributed by atoms with E-state index in [2.05, 4.69) is 4.40 Å². The van der Waals surface area contributed by atoms with Crippen molar-refractivity contribution in [3.05, 3.63) is 53.8 Å².